The number of carbonyl (C=O) groups excluding carboxylic acids is 1. The lowest BCUT2D eigenvalue weighted by Crippen LogP contribution is -2.02. The van der Waals surface area contributed by atoms with Gasteiger partial charge in [-0.1, -0.05) is 17.3 Å². The van der Waals surface area contributed by atoms with E-state index in [1.807, 2.05) is 12.1 Å². The molecular formula is C12H9NO3. The van der Waals surface area contributed by atoms with E-state index in [2.05, 4.69) is 5.16 Å². The molecule has 0 unspecified atom stereocenters. The minimum Gasteiger partial charge on any atom is -0.485 e. The Morgan fingerprint density at radius 3 is 3.00 bits per heavy atom. The highest BCUT2D eigenvalue weighted by Gasteiger charge is 2.27. The lowest BCUT2D eigenvalue weighted by atomic mass is 10.0. The van der Waals surface area contributed by atoms with Gasteiger partial charge >= 0.3 is 0 Å². The number of hydrogen-bond acceptors (Lipinski definition) is 4. The molecule has 16 heavy (non-hydrogen) atoms. The summed E-state index contributed by atoms with van der Waals surface area (Å²) < 4.78 is 10.6. The van der Waals surface area contributed by atoms with Gasteiger partial charge in [-0.2, -0.15) is 0 Å². The third-order valence-electron chi connectivity index (χ3n) is 2.65. The number of rotatable bonds is 0. The van der Waals surface area contributed by atoms with Crippen molar-refractivity contribution in [2.75, 3.05) is 0 Å². The number of aryl methyl sites for hydroxylation is 1. The van der Waals surface area contributed by atoms with Gasteiger partial charge in [0.05, 0.1) is 16.8 Å². The topological polar surface area (TPSA) is 52.3 Å². The van der Waals surface area contributed by atoms with Crippen LogP contribution in [-0.2, 0) is 6.61 Å². The molecule has 0 amide bonds. The quantitative estimate of drug-likeness (QED) is 0.675. The number of benzene rings is 1. The Labute approximate surface area is 91.8 Å². The van der Waals surface area contributed by atoms with Crippen LogP contribution in [0.5, 0.6) is 5.75 Å². The predicted molar refractivity (Wildman–Crippen MR) is 55.4 cm³/mol. The molecule has 1 aromatic heterocycles. The molecule has 0 saturated heterocycles. The summed E-state index contributed by atoms with van der Waals surface area (Å²) in [7, 11) is 0. The van der Waals surface area contributed by atoms with Crippen molar-refractivity contribution in [2.45, 2.75) is 13.5 Å². The molecule has 1 aliphatic heterocycles. The fourth-order valence-corrected chi connectivity index (χ4v) is 1.86. The Morgan fingerprint density at radius 2 is 2.12 bits per heavy atom. The van der Waals surface area contributed by atoms with E-state index < -0.39 is 0 Å². The fourth-order valence-electron chi connectivity index (χ4n) is 1.86. The number of nitrogens with zero attached hydrogens (tertiary/aromatic N) is 1. The third-order valence-corrected chi connectivity index (χ3v) is 2.65. The highest BCUT2D eigenvalue weighted by atomic mass is 16.5. The van der Waals surface area contributed by atoms with Gasteiger partial charge in [0.15, 0.2) is 5.76 Å². The Balaban J connectivity index is 2.24. The van der Waals surface area contributed by atoms with E-state index in [0.29, 0.717) is 28.3 Å². The minimum atomic E-state index is -0.0816. The molecule has 1 aliphatic rings. The largest absolute Gasteiger partial charge is 0.485 e. The Hall–Kier alpha value is -2.10. The number of hydrogen-bond donors (Lipinski definition) is 0. The highest BCUT2D eigenvalue weighted by molar-refractivity contribution is 6.12. The summed E-state index contributed by atoms with van der Waals surface area (Å²) in [6.45, 7) is 2.01. The lowest BCUT2D eigenvalue weighted by molar-refractivity contribution is 0.103. The van der Waals surface area contributed by atoms with Gasteiger partial charge in [0.1, 0.15) is 12.4 Å². The molecule has 4 nitrogen and oxygen atoms in total. The van der Waals surface area contributed by atoms with Crippen molar-refractivity contribution in [1.29, 1.82) is 0 Å². The molecule has 0 spiro atoms. The number of ketones is 1. The van der Waals surface area contributed by atoms with Crippen molar-refractivity contribution in [3.05, 3.63) is 46.8 Å². The van der Waals surface area contributed by atoms with E-state index in [0.717, 1.165) is 0 Å². The summed E-state index contributed by atoms with van der Waals surface area (Å²) in [6.07, 6.45) is 0. The molecule has 2 aromatic rings. The zero-order chi connectivity index (χ0) is 11.1. The van der Waals surface area contributed by atoms with Crippen molar-refractivity contribution in [1.82, 2.24) is 5.16 Å². The average Bonchev–Trinajstić information content (AvgIpc) is 2.60. The zero-order valence-electron chi connectivity index (χ0n) is 8.69. The molecule has 4 heteroatoms. The number of carbonyl (C=O) groups is 1. The maximum Gasteiger partial charge on any atom is 0.202 e. The van der Waals surface area contributed by atoms with E-state index in [4.69, 9.17) is 9.26 Å². The van der Waals surface area contributed by atoms with Crippen LogP contribution < -0.4 is 4.74 Å². The summed E-state index contributed by atoms with van der Waals surface area (Å²) in [5, 5.41) is 3.79. The van der Waals surface area contributed by atoms with E-state index in [1.54, 1.807) is 19.1 Å². The molecule has 2 heterocycles. The monoisotopic (exact) mass is 215 g/mol. The molecule has 80 valence electrons. The summed E-state index contributed by atoms with van der Waals surface area (Å²) in [6, 6.07) is 7.18. The van der Waals surface area contributed by atoms with Crippen LogP contribution in [0.3, 0.4) is 0 Å². The standard InChI is InChI=1S/C12H9NO3/c1-7-11-10(16-13-7)6-15-9-5-3-2-4-8(9)12(11)14/h2-5H,6H2,1H3. The number of para-hydroxylation sites is 1. The third kappa shape index (κ3) is 1.16. The normalized spacial score (nSPS) is 13.7. The number of ether oxygens (including phenoxy) is 1. The van der Waals surface area contributed by atoms with Gasteiger partial charge in [0.25, 0.3) is 0 Å². The van der Waals surface area contributed by atoms with Crippen LogP contribution in [-0.4, -0.2) is 10.9 Å². The molecule has 0 saturated carbocycles. The molecule has 0 N–H and O–H groups in total. The summed E-state index contributed by atoms with van der Waals surface area (Å²) in [4.78, 5) is 12.2. The number of fused-ring (bicyclic) bond motifs is 2. The molecule has 0 radical (unpaired) electrons. The van der Waals surface area contributed by atoms with Crippen molar-refractivity contribution in [3.8, 4) is 5.75 Å². The van der Waals surface area contributed by atoms with Crippen LogP contribution >= 0.6 is 0 Å². The van der Waals surface area contributed by atoms with Crippen molar-refractivity contribution < 1.29 is 14.1 Å². The van der Waals surface area contributed by atoms with Gasteiger partial charge in [0.2, 0.25) is 5.78 Å². The Morgan fingerprint density at radius 1 is 1.31 bits per heavy atom. The summed E-state index contributed by atoms with van der Waals surface area (Å²) in [5.74, 6) is 1.01. The van der Waals surface area contributed by atoms with Crippen LogP contribution in [0.1, 0.15) is 27.4 Å². The second-order valence-corrected chi connectivity index (χ2v) is 3.68. The maximum atomic E-state index is 12.2. The molecule has 3 rings (SSSR count). The van der Waals surface area contributed by atoms with Gasteiger partial charge in [-0.15, -0.1) is 0 Å². The van der Waals surface area contributed by atoms with E-state index >= 15 is 0 Å². The predicted octanol–water partition coefficient (Wildman–Crippen LogP) is 2.11. The van der Waals surface area contributed by atoms with Gasteiger partial charge in [-0.3, -0.25) is 4.79 Å². The molecule has 1 aromatic carbocycles. The molecule has 0 bridgehead atoms. The van der Waals surface area contributed by atoms with Gasteiger partial charge in [0, 0.05) is 0 Å². The summed E-state index contributed by atoms with van der Waals surface area (Å²) >= 11 is 0. The Kier molecular flexibility index (Phi) is 1.83. The van der Waals surface area contributed by atoms with E-state index in [9.17, 15) is 4.79 Å². The second-order valence-electron chi connectivity index (χ2n) is 3.68. The van der Waals surface area contributed by atoms with Crippen LogP contribution in [0.25, 0.3) is 0 Å². The van der Waals surface area contributed by atoms with Crippen LogP contribution in [0.2, 0.25) is 0 Å². The van der Waals surface area contributed by atoms with Crippen molar-refractivity contribution >= 4 is 5.78 Å². The SMILES string of the molecule is Cc1noc2c1C(=O)c1ccccc1OC2. The zero-order valence-corrected chi connectivity index (χ0v) is 8.69. The minimum absolute atomic E-state index is 0.0816. The first kappa shape index (κ1) is 9.15. The first-order valence-electron chi connectivity index (χ1n) is 4.99. The van der Waals surface area contributed by atoms with E-state index in [-0.39, 0.29) is 12.4 Å². The molecular weight excluding hydrogens is 206 g/mol. The first-order chi connectivity index (χ1) is 7.77. The van der Waals surface area contributed by atoms with Gasteiger partial charge < -0.3 is 9.26 Å². The van der Waals surface area contributed by atoms with E-state index in [1.165, 1.54) is 0 Å². The second kappa shape index (κ2) is 3.20. The lowest BCUT2D eigenvalue weighted by Gasteiger charge is -2.04. The molecule has 0 atom stereocenters. The molecule has 0 fully saturated rings. The van der Waals surface area contributed by atoms with Crippen molar-refractivity contribution in [2.24, 2.45) is 0 Å². The Bertz CT molecular complexity index is 571. The fraction of sp³-hybridized carbons (Fsp3) is 0.167. The highest BCUT2D eigenvalue weighted by Crippen LogP contribution is 2.29. The smallest absolute Gasteiger partial charge is 0.202 e. The van der Waals surface area contributed by atoms with Gasteiger partial charge in [-0.25, -0.2) is 0 Å². The van der Waals surface area contributed by atoms with Gasteiger partial charge in [-0.05, 0) is 19.1 Å². The number of aromatic nitrogens is 1. The van der Waals surface area contributed by atoms with Crippen molar-refractivity contribution in [3.63, 3.8) is 0 Å². The van der Waals surface area contributed by atoms with Crippen LogP contribution in [0.4, 0.5) is 0 Å². The average molecular weight is 215 g/mol. The molecule has 0 aliphatic carbocycles. The first-order valence-corrected chi connectivity index (χ1v) is 4.99. The van der Waals surface area contributed by atoms with Crippen LogP contribution in [0, 0.1) is 6.92 Å². The maximum absolute atomic E-state index is 12.2. The van der Waals surface area contributed by atoms with Crippen LogP contribution in [0.15, 0.2) is 28.8 Å². The summed E-state index contributed by atoms with van der Waals surface area (Å²) in [5.41, 5.74) is 1.71.